The zero-order chi connectivity index (χ0) is 15.5. The van der Waals surface area contributed by atoms with Gasteiger partial charge in [-0.3, -0.25) is 9.58 Å². The van der Waals surface area contributed by atoms with Crippen molar-refractivity contribution in [1.29, 1.82) is 0 Å². The van der Waals surface area contributed by atoms with Crippen LogP contribution in [0.5, 0.6) is 0 Å². The van der Waals surface area contributed by atoms with Crippen LogP contribution in [0.2, 0.25) is 0 Å². The Labute approximate surface area is 134 Å². The van der Waals surface area contributed by atoms with E-state index in [9.17, 15) is 5.11 Å². The van der Waals surface area contributed by atoms with Crippen LogP contribution in [0.25, 0.3) is 0 Å². The quantitative estimate of drug-likeness (QED) is 0.909. The number of aliphatic hydroxyl groups is 1. The molecule has 124 valence electrons. The predicted octanol–water partition coefficient (Wildman–Crippen LogP) is 3.05. The van der Waals surface area contributed by atoms with E-state index in [0.29, 0.717) is 17.9 Å². The van der Waals surface area contributed by atoms with Crippen molar-refractivity contribution in [2.45, 2.75) is 77.6 Å². The average Bonchev–Trinajstić information content (AvgIpc) is 3.09. The fraction of sp³-hybridized carbons (Fsp3) is 0.833. The number of likely N-dealkylation sites (tertiary alicyclic amines) is 1. The molecule has 0 spiro atoms. The van der Waals surface area contributed by atoms with Gasteiger partial charge in [0.15, 0.2) is 0 Å². The molecular formula is C18H31N3O. The normalized spacial score (nSPS) is 30.3. The van der Waals surface area contributed by atoms with E-state index in [4.69, 9.17) is 0 Å². The van der Waals surface area contributed by atoms with Crippen molar-refractivity contribution in [3.8, 4) is 0 Å². The molecule has 4 heteroatoms. The molecule has 2 heterocycles. The topological polar surface area (TPSA) is 41.3 Å². The smallest absolute Gasteiger partial charge is 0.0583 e. The van der Waals surface area contributed by atoms with Crippen molar-refractivity contribution < 1.29 is 5.11 Å². The number of rotatable bonds is 5. The molecule has 2 fully saturated rings. The summed E-state index contributed by atoms with van der Waals surface area (Å²) in [5.41, 5.74) is 1.32. The molecule has 0 unspecified atom stereocenters. The maximum Gasteiger partial charge on any atom is 0.0583 e. The first-order valence-corrected chi connectivity index (χ1v) is 9.07. The van der Waals surface area contributed by atoms with Crippen molar-refractivity contribution in [3.05, 3.63) is 18.0 Å². The van der Waals surface area contributed by atoms with Gasteiger partial charge in [-0.1, -0.05) is 26.7 Å². The van der Waals surface area contributed by atoms with Gasteiger partial charge in [-0.05, 0) is 38.1 Å². The largest absolute Gasteiger partial charge is 0.393 e. The van der Waals surface area contributed by atoms with Crippen LogP contribution in [0.1, 0.15) is 57.9 Å². The zero-order valence-corrected chi connectivity index (χ0v) is 14.1. The second-order valence-corrected chi connectivity index (χ2v) is 7.66. The minimum atomic E-state index is -0.0805. The van der Waals surface area contributed by atoms with E-state index in [2.05, 4.69) is 34.7 Å². The molecule has 1 N–H and O–H groups in total. The Balaban J connectivity index is 1.62. The SMILES string of the molecule is CC(C)Cn1cc(CN2CCC[C@@H]2[C@@H]2CCCC[C@H]2O)cn1. The molecule has 0 radical (unpaired) electrons. The van der Waals surface area contributed by atoms with Crippen molar-refractivity contribution in [2.75, 3.05) is 6.54 Å². The summed E-state index contributed by atoms with van der Waals surface area (Å²) in [6.45, 7) is 7.60. The number of nitrogens with zero attached hydrogens (tertiary/aromatic N) is 3. The van der Waals surface area contributed by atoms with Gasteiger partial charge in [0, 0.05) is 36.8 Å². The van der Waals surface area contributed by atoms with Crippen LogP contribution in [0.3, 0.4) is 0 Å². The van der Waals surface area contributed by atoms with E-state index in [0.717, 1.165) is 19.5 Å². The highest BCUT2D eigenvalue weighted by atomic mass is 16.3. The van der Waals surface area contributed by atoms with E-state index in [1.165, 1.54) is 44.2 Å². The molecular weight excluding hydrogens is 274 g/mol. The summed E-state index contributed by atoms with van der Waals surface area (Å²) >= 11 is 0. The highest BCUT2D eigenvalue weighted by molar-refractivity contribution is 5.05. The highest BCUT2D eigenvalue weighted by Gasteiger charge is 2.36. The van der Waals surface area contributed by atoms with E-state index < -0.39 is 0 Å². The molecule has 3 atom stereocenters. The number of hydrogen-bond donors (Lipinski definition) is 1. The minimum absolute atomic E-state index is 0.0805. The Morgan fingerprint density at radius 3 is 2.82 bits per heavy atom. The summed E-state index contributed by atoms with van der Waals surface area (Å²) in [7, 11) is 0. The lowest BCUT2D eigenvalue weighted by Crippen LogP contribution is -2.42. The van der Waals surface area contributed by atoms with Crippen molar-refractivity contribution in [2.24, 2.45) is 11.8 Å². The monoisotopic (exact) mass is 305 g/mol. The number of hydrogen-bond acceptors (Lipinski definition) is 3. The average molecular weight is 305 g/mol. The van der Waals surface area contributed by atoms with Gasteiger partial charge >= 0.3 is 0 Å². The van der Waals surface area contributed by atoms with Gasteiger partial charge in [0.25, 0.3) is 0 Å². The summed E-state index contributed by atoms with van der Waals surface area (Å²) < 4.78 is 2.07. The Kier molecular flexibility index (Phi) is 5.19. The van der Waals surface area contributed by atoms with Gasteiger partial charge in [0.05, 0.1) is 12.3 Å². The first kappa shape index (κ1) is 16.0. The molecule has 1 saturated heterocycles. The maximum absolute atomic E-state index is 10.4. The fourth-order valence-electron chi connectivity index (χ4n) is 4.32. The van der Waals surface area contributed by atoms with Crippen LogP contribution >= 0.6 is 0 Å². The van der Waals surface area contributed by atoms with E-state index >= 15 is 0 Å². The van der Waals surface area contributed by atoms with Crippen LogP contribution in [0, 0.1) is 11.8 Å². The Hall–Kier alpha value is -0.870. The molecule has 22 heavy (non-hydrogen) atoms. The van der Waals surface area contributed by atoms with Gasteiger partial charge < -0.3 is 5.11 Å². The number of aromatic nitrogens is 2. The van der Waals surface area contributed by atoms with Crippen molar-refractivity contribution in [1.82, 2.24) is 14.7 Å². The molecule has 1 aliphatic carbocycles. The molecule has 1 aromatic heterocycles. The Bertz CT molecular complexity index is 471. The maximum atomic E-state index is 10.4. The minimum Gasteiger partial charge on any atom is -0.393 e. The summed E-state index contributed by atoms with van der Waals surface area (Å²) in [6, 6.07) is 0.573. The molecule has 3 rings (SSSR count). The van der Waals surface area contributed by atoms with Crippen molar-refractivity contribution >= 4 is 0 Å². The third-order valence-electron chi connectivity index (χ3n) is 5.31. The Morgan fingerprint density at radius 1 is 1.23 bits per heavy atom. The van der Waals surface area contributed by atoms with Crippen LogP contribution in [-0.4, -0.2) is 38.5 Å². The van der Waals surface area contributed by atoms with Gasteiger partial charge in [0.1, 0.15) is 0 Å². The first-order chi connectivity index (χ1) is 10.6. The van der Waals surface area contributed by atoms with Gasteiger partial charge in [-0.2, -0.15) is 5.10 Å². The van der Waals surface area contributed by atoms with E-state index in [1.54, 1.807) is 0 Å². The molecule has 1 aromatic rings. The molecule has 2 aliphatic rings. The summed E-state index contributed by atoms with van der Waals surface area (Å²) in [5, 5.41) is 14.9. The van der Waals surface area contributed by atoms with Crippen molar-refractivity contribution in [3.63, 3.8) is 0 Å². The Morgan fingerprint density at radius 2 is 2.05 bits per heavy atom. The second kappa shape index (κ2) is 7.14. The molecule has 4 nitrogen and oxygen atoms in total. The standard InChI is InChI=1S/C18H31N3O/c1-14(2)11-21-13-15(10-19-21)12-20-9-5-7-17(20)16-6-3-4-8-18(16)22/h10,13-14,16-18,22H,3-9,11-12H2,1-2H3/t16-,17+,18+/m0/s1. The lowest BCUT2D eigenvalue weighted by molar-refractivity contribution is 0.0201. The van der Waals surface area contributed by atoms with Crippen LogP contribution in [-0.2, 0) is 13.1 Å². The van der Waals surface area contributed by atoms with E-state index in [-0.39, 0.29) is 6.10 Å². The lowest BCUT2D eigenvalue weighted by atomic mass is 9.80. The van der Waals surface area contributed by atoms with Crippen LogP contribution < -0.4 is 0 Å². The third-order valence-corrected chi connectivity index (χ3v) is 5.31. The fourth-order valence-corrected chi connectivity index (χ4v) is 4.32. The summed E-state index contributed by atoms with van der Waals surface area (Å²) in [6.07, 6.45) is 11.4. The van der Waals surface area contributed by atoms with Gasteiger partial charge in [0.2, 0.25) is 0 Å². The van der Waals surface area contributed by atoms with Gasteiger partial charge in [-0.25, -0.2) is 0 Å². The van der Waals surface area contributed by atoms with Gasteiger partial charge in [-0.15, -0.1) is 0 Å². The number of aliphatic hydroxyl groups excluding tert-OH is 1. The molecule has 0 amide bonds. The summed E-state index contributed by atoms with van der Waals surface area (Å²) in [4.78, 5) is 2.59. The summed E-state index contributed by atoms with van der Waals surface area (Å²) in [5.74, 6) is 1.12. The molecule has 0 aromatic carbocycles. The van der Waals surface area contributed by atoms with Crippen LogP contribution in [0.4, 0.5) is 0 Å². The van der Waals surface area contributed by atoms with E-state index in [1.807, 2.05) is 6.20 Å². The molecule has 1 aliphatic heterocycles. The third kappa shape index (κ3) is 3.72. The highest BCUT2D eigenvalue weighted by Crippen LogP contribution is 2.35. The second-order valence-electron chi connectivity index (χ2n) is 7.66. The molecule has 1 saturated carbocycles. The predicted molar refractivity (Wildman–Crippen MR) is 88.5 cm³/mol. The first-order valence-electron chi connectivity index (χ1n) is 9.07. The zero-order valence-electron chi connectivity index (χ0n) is 14.1. The van der Waals surface area contributed by atoms with Crippen LogP contribution in [0.15, 0.2) is 12.4 Å². The molecule has 0 bridgehead atoms. The lowest BCUT2D eigenvalue weighted by Gasteiger charge is -2.37.